The van der Waals surface area contributed by atoms with E-state index in [2.05, 4.69) is 31.3 Å². The van der Waals surface area contributed by atoms with Gasteiger partial charge in [-0.1, -0.05) is 6.92 Å². The molecule has 0 aromatic carbocycles. The van der Waals surface area contributed by atoms with Crippen LogP contribution in [0.2, 0.25) is 0 Å². The van der Waals surface area contributed by atoms with Crippen molar-refractivity contribution < 1.29 is 4.79 Å². The first-order valence-corrected chi connectivity index (χ1v) is 5.05. The number of nitrogens with two attached hydrogens (primary N) is 1. The molecule has 1 rings (SSSR count). The topological polar surface area (TPSA) is 85.8 Å². The Labute approximate surface area is 90.0 Å². The minimum absolute atomic E-state index is 0.0996. The lowest BCUT2D eigenvalue weighted by atomic mass is 10.4. The highest BCUT2D eigenvalue weighted by atomic mass is 79.9. The average molecular weight is 262 g/mol. The molecule has 1 heterocycles. The van der Waals surface area contributed by atoms with Crippen molar-refractivity contribution in [1.29, 1.82) is 0 Å². The molecule has 0 fully saturated rings. The van der Waals surface area contributed by atoms with Gasteiger partial charge in [-0.05, 0) is 22.4 Å². The maximum Gasteiger partial charge on any atom is 0.241 e. The number of hydrogen-bond donors (Lipinski definition) is 2. The highest BCUT2D eigenvalue weighted by molar-refractivity contribution is 9.10. The first-order chi connectivity index (χ1) is 6.63. The molecule has 0 aliphatic carbocycles. The molecule has 1 amide bonds. The van der Waals surface area contributed by atoms with E-state index in [0.29, 0.717) is 11.3 Å². The smallest absolute Gasteiger partial charge is 0.241 e. The molecular formula is C7H12BrN5O. The Bertz CT molecular complexity index is 324. The molecule has 0 radical (unpaired) electrons. The first kappa shape index (κ1) is 11.0. The van der Waals surface area contributed by atoms with E-state index < -0.39 is 0 Å². The summed E-state index contributed by atoms with van der Waals surface area (Å²) in [4.78, 5) is 15.1. The Morgan fingerprint density at radius 3 is 2.93 bits per heavy atom. The van der Waals surface area contributed by atoms with Gasteiger partial charge in [0.25, 0.3) is 0 Å². The Morgan fingerprint density at radius 1 is 1.71 bits per heavy atom. The molecule has 0 saturated heterocycles. The van der Waals surface area contributed by atoms with Crippen LogP contribution in [-0.4, -0.2) is 27.2 Å². The molecule has 0 spiro atoms. The van der Waals surface area contributed by atoms with E-state index >= 15 is 0 Å². The summed E-state index contributed by atoms with van der Waals surface area (Å²) in [6.07, 6.45) is 0.909. The van der Waals surface area contributed by atoms with Gasteiger partial charge < -0.3 is 11.1 Å². The standard InChI is InChI=1S/C7H12BrN5O/c1-2-3-10-5(14)4-13-6(8)11-7(9)12-13/h2-4H2,1H3,(H2,9,12)(H,10,14). The van der Waals surface area contributed by atoms with E-state index in [9.17, 15) is 4.79 Å². The third-order valence-electron chi connectivity index (χ3n) is 1.51. The Balaban J connectivity index is 2.51. The van der Waals surface area contributed by atoms with Gasteiger partial charge in [0.05, 0.1) is 0 Å². The predicted molar refractivity (Wildman–Crippen MR) is 55.4 cm³/mol. The van der Waals surface area contributed by atoms with Crippen LogP contribution in [0.4, 0.5) is 5.95 Å². The molecule has 0 aliphatic heterocycles. The highest BCUT2D eigenvalue weighted by Crippen LogP contribution is 2.06. The zero-order valence-corrected chi connectivity index (χ0v) is 9.41. The molecule has 0 atom stereocenters. The zero-order chi connectivity index (χ0) is 10.6. The SMILES string of the molecule is CCCNC(=O)Cn1nc(N)nc1Br. The molecule has 0 aliphatic rings. The predicted octanol–water partition coefficient (Wildman–Crippen LogP) is 0.149. The van der Waals surface area contributed by atoms with E-state index in [4.69, 9.17) is 5.73 Å². The van der Waals surface area contributed by atoms with Gasteiger partial charge in [0.1, 0.15) is 6.54 Å². The molecule has 0 unspecified atom stereocenters. The first-order valence-electron chi connectivity index (χ1n) is 4.26. The van der Waals surface area contributed by atoms with Gasteiger partial charge in [0.2, 0.25) is 11.9 Å². The number of rotatable bonds is 4. The van der Waals surface area contributed by atoms with Crippen molar-refractivity contribution in [3.8, 4) is 0 Å². The van der Waals surface area contributed by atoms with Crippen LogP contribution < -0.4 is 11.1 Å². The number of hydrogen-bond acceptors (Lipinski definition) is 4. The fourth-order valence-corrected chi connectivity index (χ4v) is 1.28. The number of nitrogen functional groups attached to an aromatic ring is 1. The second-order valence-electron chi connectivity index (χ2n) is 2.75. The van der Waals surface area contributed by atoms with Gasteiger partial charge in [-0.25, -0.2) is 4.68 Å². The van der Waals surface area contributed by atoms with Crippen LogP contribution in [-0.2, 0) is 11.3 Å². The number of anilines is 1. The lowest BCUT2D eigenvalue weighted by Gasteiger charge is -2.03. The van der Waals surface area contributed by atoms with E-state index in [1.165, 1.54) is 4.68 Å². The number of carbonyl (C=O) groups is 1. The highest BCUT2D eigenvalue weighted by Gasteiger charge is 2.08. The van der Waals surface area contributed by atoms with Crippen molar-refractivity contribution in [1.82, 2.24) is 20.1 Å². The lowest BCUT2D eigenvalue weighted by molar-refractivity contribution is -0.121. The summed E-state index contributed by atoms with van der Waals surface area (Å²) in [5.41, 5.74) is 5.35. The van der Waals surface area contributed by atoms with Crippen molar-refractivity contribution in [2.75, 3.05) is 12.3 Å². The second-order valence-corrected chi connectivity index (χ2v) is 3.46. The molecule has 0 bridgehead atoms. The monoisotopic (exact) mass is 261 g/mol. The van der Waals surface area contributed by atoms with E-state index in [1.807, 2.05) is 6.92 Å². The van der Waals surface area contributed by atoms with Crippen molar-refractivity contribution >= 4 is 27.8 Å². The third-order valence-corrected chi connectivity index (χ3v) is 2.10. The number of aromatic nitrogens is 3. The minimum Gasteiger partial charge on any atom is -0.366 e. The zero-order valence-electron chi connectivity index (χ0n) is 7.83. The largest absolute Gasteiger partial charge is 0.366 e. The molecule has 0 saturated carbocycles. The van der Waals surface area contributed by atoms with E-state index in [-0.39, 0.29) is 18.4 Å². The van der Waals surface area contributed by atoms with E-state index in [0.717, 1.165) is 6.42 Å². The quantitative estimate of drug-likeness (QED) is 0.808. The molecule has 3 N–H and O–H groups in total. The average Bonchev–Trinajstić information content (AvgIpc) is 2.42. The number of amides is 1. The van der Waals surface area contributed by atoms with Gasteiger partial charge >= 0.3 is 0 Å². The van der Waals surface area contributed by atoms with Gasteiger partial charge in [-0.2, -0.15) is 4.98 Å². The van der Waals surface area contributed by atoms with Crippen molar-refractivity contribution in [2.24, 2.45) is 0 Å². The van der Waals surface area contributed by atoms with E-state index in [1.54, 1.807) is 0 Å². The molecule has 1 aromatic rings. The van der Waals surface area contributed by atoms with Crippen molar-refractivity contribution in [2.45, 2.75) is 19.9 Å². The normalized spacial score (nSPS) is 10.1. The summed E-state index contributed by atoms with van der Waals surface area (Å²) in [7, 11) is 0. The Morgan fingerprint density at radius 2 is 2.43 bits per heavy atom. The molecule has 14 heavy (non-hydrogen) atoms. The maximum absolute atomic E-state index is 11.3. The molecule has 6 nitrogen and oxygen atoms in total. The van der Waals surface area contributed by atoms with Gasteiger partial charge in [-0.3, -0.25) is 4.79 Å². The van der Waals surface area contributed by atoms with Crippen LogP contribution in [0.15, 0.2) is 4.73 Å². The number of halogens is 1. The van der Waals surface area contributed by atoms with Gasteiger partial charge in [0, 0.05) is 6.54 Å². The lowest BCUT2D eigenvalue weighted by Crippen LogP contribution is -2.28. The molecule has 1 aromatic heterocycles. The van der Waals surface area contributed by atoms with Crippen LogP contribution in [0.1, 0.15) is 13.3 Å². The fourth-order valence-electron chi connectivity index (χ4n) is 0.896. The molecule has 7 heteroatoms. The van der Waals surface area contributed by atoms with Crippen LogP contribution in [0.3, 0.4) is 0 Å². The molecule has 78 valence electrons. The summed E-state index contributed by atoms with van der Waals surface area (Å²) in [6.45, 7) is 2.79. The summed E-state index contributed by atoms with van der Waals surface area (Å²) < 4.78 is 1.86. The summed E-state index contributed by atoms with van der Waals surface area (Å²) >= 11 is 3.14. The summed E-state index contributed by atoms with van der Waals surface area (Å²) in [6, 6.07) is 0. The summed E-state index contributed by atoms with van der Waals surface area (Å²) in [5, 5.41) is 6.56. The molecular weight excluding hydrogens is 250 g/mol. The number of carbonyl (C=O) groups excluding carboxylic acids is 1. The second kappa shape index (κ2) is 4.94. The number of nitrogens with zero attached hydrogens (tertiary/aromatic N) is 3. The van der Waals surface area contributed by atoms with Crippen LogP contribution in [0, 0.1) is 0 Å². The minimum atomic E-state index is -0.0996. The van der Waals surface area contributed by atoms with Crippen molar-refractivity contribution in [3.05, 3.63) is 4.73 Å². The maximum atomic E-state index is 11.3. The van der Waals surface area contributed by atoms with Crippen LogP contribution in [0.5, 0.6) is 0 Å². The Hall–Kier alpha value is -1.11. The van der Waals surface area contributed by atoms with Crippen LogP contribution in [0.25, 0.3) is 0 Å². The Kier molecular flexibility index (Phi) is 3.87. The number of nitrogens with one attached hydrogen (secondary N) is 1. The van der Waals surface area contributed by atoms with Crippen LogP contribution >= 0.6 is 15.9 Å². The third kappa shape index (κ3) is 2.99. The van der Waals surface area contributed by atoms with Crippen molar-refractivity contribution in [3.63, 3.8) is 0 Å². The van der Waals surface area contributed by atoms with Gasteiger partial charge in [-0.15, -0.1) is 5.10 Å². The summed E-state index contributed by atoms with van der Waals surface area (Å²) in [5.74, 6) is 0.0533. The fraction of sp³-hybridized carbons (Fsp3) is 0.571. The van der Waals surface area contributed by atoms with Gasteiger partial charge in [0.15, 0.2) is 4.73 Å².